The molecule has 0 spiro atoms. The second kappa shape index (κ2) is 8.48. The highest BCUT2D eigenvalue weighted by Crippen LogP contribution is 2.32. The van der Waals surface area contributed by atoms with E-state index in [0.29, 0.717) is 6.61 Å². The van der Waals surface area contributed by atoms with Gasteiger partial charge in [-0.3, -0.25) is 4.79 Å². The molecular weight excluding hydrogens is 310 g/mol. The molecule has 1 unspecified atom stereocenters. The Morgan fingerprint density at radius 1 is 1.17 bits per heavy atom. The van der Waals surface area contributed by atoms with E-state index in [1.54, 1.807) is 7.11 Å². The van der Waals surface area contributed by atoms with E-state index >= 15 is 0 Å². The number of carbonyl (C=O) groups excluding carboxylic acids is 1. The fourth-order valence-electron chi connectivity index (χ4n) is 2.01. The molecule has 2 aromatic rings. The van der Waals surface area contributed by atoms with Crippen molar-refractivity contribution >= 4 is 23.4 Å². The van der Waals surface area contributed by atoms with E-state index in [4.69, 9.17) is 9.47 Å². The minimum atomic E-state index is -0.238. The van der Waals surface area contributed by atoms with Crippen molar-refractivity contribution in [2.75, 3.05) is 19.0 Å². The van der Waals surface area contributed by atoms with Crippen molar-refractivity contribution in [1.82, 2.24) is 0 Å². The molecule has 0 radical (unpaired) electrons. The third-order valence-electron chi connectivity index (χ3n) is 3.17. The number of ether oxygens (including phenoxy) is 2. The molecule has 0 aliphatic carbocycles. The zero-order chi connectivity index (χ0) is 16.7. The zero-order valence-corrected chi connectivity index (χ0v) is 14.4. The molecule has 2 rings (SSSR count). The van der Waals surface area contributed by atoms with Gasteiger partial charge in [-0.15, -0.1) is 11.8 Å². The monoisotopic (exact) mass is 331 g/mol. The fourth-order valence-corrected chi connectivity index (χ4v) is 2.98. The second-order valence-electron chi connectivity index (χ2n) is 4.86. The van der Waals surface area contributed by atoms with Crippen LogP contribution < -0.4 is 14.8 Å². The molecule has 122 valence electrons. The Balaban J connectivity index is 1.97. The summed E-state index contributed by atoms with van der Waals surface area (Å²) in [6.07, 6.45) is 0. The van der Waals surface area contributed by atoms with E-state index < -0.39 is 0 Å². The molecule has 0 heterocycles. The summed E-state index contributed by atoms with van der Waals surface area (Å²) in [7, 11) is 1.63. The third-order valence-corrected chi connectivity index (χ3v) is 4.33. The van der Waals surface area contributed by atoms with Crippen LogP contribution in [0.3, 0.4) is 0 Å². The number of anilines is 1. The van der Waals surface area contributed by atoms with Gasteiger partial charge in [-0.1, -0.05) is 12.1 Å². The first-order valence-corrected chi connectivity index (χ1v) is 8.35. The largest absolute Gasteiger partial charge is 0.496 e. The smallest absolute Gasteiger partial charge is 0.237 e. The Morgan fingerprint density at radius 2 is 1.87 bits per heavy atom. The van der Waals surface area contributed by atoms with Crippen molar-refractivity contribution in [2.45, 2.75) is 24.0 Å². The van der Waals surface area contributed by atoms with Gasteiger partial charge in [-0.05, 0) is 50.2 Å². The maximum Gasteiger partial charge on any atom is 0.237 e. The average molecular weight is 331 g/mol. The van der Waals surface area contributed by atoms with Gasteiger partial charge in [0.05, 0.1) is 23.9 Å². The first kappa shape index (κ1) is 17.2. The lowest BCUT2D eigenvalue weighted by molar-refractivity contribution is -0.115. The van der Waals surface area contributed by atoms with Gasteiger partial charge >= 0.3 is 0 Å². The zero-order valence-electron chi connectivity index (χ0n) is 13.5. The van der Waals surface area contributed by atoms with Crippen molar-refractivity contribution in [1.29, 1.82) is 0 Å². The molecule has 5 heteroatoms. The molecule has 0 bridgehead atoms. The molecule has 0 aliphatic rings. The van der Waals surface area contributed by atoms with Gasteiger partial charge in [-0.25, -0.2) is 0 Å². The van der Waals surface area contributed by atoms with Crippen LogP contribution in [0.25, 0.3) is 0 Å². The highest BCUT2D eigenvalue weighted by Gasteiger charge is 2.16. The summed E-state index contributed by atoms with van der Waals surface area (Å²) in [5.41, 5.74) is 0.755. The SMILES string of the molecule is CCOc1ccc(NC(=O)C(C)Sc2ccccc2OC)cc1. The summed E-state index contributed by atoms with van der Waals surface area (Å²) >= 11 is 1.47. The van der Waals surface area contributed by atoms with Crippen LogP contribution in [0.15, 0.2) is 53.4 Å². The molecule has 1 amide bonds. The van der Waals surface area contributed by atoms with Crippen LogP contribution in [-0.4, -0.2) is 24.9 Å². The van der Waals surface area contributed by atoms with Gasteiger partial charge in [-0.2, -0.15) is 0 Å². The number of rotatable bonds is 7. The lowest BCUT2D eigenvalue weighted by Gasteiger charge is -2.14. The van der Waals surface area contributed by atoms with Crippen molar-refractivity contribution in [3.05, 3.63) is 48.5 Å². The number of para-hydroxylation sites is 1. The van der Waals surface area contributed by atoms with Crippen LogP contribution in [0.4, 0.5) is 5.69 Å². The lowest BCUT2D eigenvalue weighted by atomic mass is 10.3. The second-order valence-corrected chi connectivity index (χ2v) is 6.24. The van der Waals surface area contributed by atoms with Crippen LogP contribution in [0.2, 0.25) is 0 Å². The van der Waals surface area contributed by atoms with Crippen LogP contribution in [-0.2, 0) is 4.79 Å². The molecule has 4 nitrogen and oxygen atoms in total. The van der Waals surface area contributed by atoms with Crippen LogP contribution in [0, 0.1) is 0 Å². The molecule has 0 saturated heterocycles. The summed E-state index contributed by atoms with van der Waals surface area (Å²) in [4.78, 5) is 13.3. The fraction of sp³-hybridized carbons (Fsp3) is 0.278. The molecule has 0 fully saturated rings. The number of methoxy groups -OCH3 is 1. The predicted molar refractivity (Wildman–Crippen MR) is 94.6 cm³/mol. The number of carbonyl (C=O) groups is 1. The van der Waals surface area contributed by atoms with Crippen LogP contribution in [0.5, 0.6) is 11.5 Å². The van der Waals surface area contributed by atoms with Gasteiger partial charge in [0.2, 0.25) is 5.91 Å². The van der Waals surface area contributed by atoms with E-state index in [-0.39, 0.29) is 11.2 Å². The number of hydrogen-bond acceptors (Lipinski definition) is 4. The first-order valence-electron chi connectivity index (χ1n) is 7.47. The molecule has 23 heavy (non-hydrogen) atoms. The van der Waals surface area contributed by atoms with Crippen molar-refractivity contribution in [3.8, 4) is 11.5 Å². The maximum absolute atomic E-state index is 12.3. The van der Waals surface area contributed by atoms with E-state index in [1.807, 2.05) is 62.4 Å². The highest BCUT2D eigenvalue weighted by molar-refractivity contribution is 8.00. The maximum atomic E-state index is 12.3. The van der Waals surface area contributed by atoms with Crippen LogP contribution >= 0.6 is 11.8 Å². The van der Waals surface area contributed by atoms with Gasteiger partial charge in [0.25, 0.3) is 0 Å². The molecule has 1 atom stereocenters. The summed E-state index contributed by atoms with van der Waals surface area (Å²) in [6.45, 7) is 4.44. The average Bonchev–Trinajstić information content (AvgIpc) is 2.57. The predicted octanol–water partition coefficient (Wildman–Crippen LogP) is 4.21. The van der Waals surface area contributed by atoms with Crippen molar-refractivity contribution < 1.29 is 14.3 Å². The summed E-state index contributed by atoms with van der Waals surface area (Å²) in [5, 5.41) is 2.67. The van der Waals surface area contributed by atoms with Gasteiger partial charge < -0.3 is 14.8 Å². The van der Waals surface area contributed by atoms with Crippen molar-refractivity contribution in [2.24, 2.45) is 0 Å². The number of amides is 1. The van der Waals surface area contributed by atoms with Crippen LogP contribution in [0.1, 0.15) is 13.8 Å². The quantitative estimate of drug-likeness (QED) is 0.772. The summed E-state index contributed by atoms with van der Waals surface area (Å²) in [6, 6.07) is 15.0. The normalized spacial score (nSPS) is 11.6. The summed E-state index contributed by atoms with van der Waals surface area (Å²) in [5.74, 6) is 1.52. The van der Waals surface area contributed by atoms with E-state index in [0.717, 1.165) is 22.1 Å². The Bertz CT molecular complexity index is 643. The molecular formula is C18H21NO3S. The Hall–Kier alpha value is -2.14. The van der Waals surface area contributed by atoms with Crippen molar-refractivity contribution in [3.63, 3.8) is 0 Å². The number of benzene rings is 2. The lowest BCUT2D eigenvalue weighted by Crippen LogP contribution is -2.22. The number of hydrogen-bond donors (Lipinski definition) is 1. The Kier molecular flexibility index (Phi) is 6.35. The molecule has 0 saturated carbocycles. The summed E-state index contributed by atoms with van der Waals surface area (Å²) < 4.78 is 10.7. The molecule has 0 aromatic heterocycles. The van der Waals surface area contributed by atoms with Gasteiger partial charge in [0.1, 0.15) is 11.5 Å². The van der Waals surface area contributed by atoms with E-state index in [2.05, 4.69) is 5.32 Å². The molecule has 1 N–H and O–H groups in total. The Morgan fingerprint density at radius 3 is 2.52 bits per heavy atom. The topological polar surface area (TPSA) is 47.6 Å². The Labute approximate surface area is 141 Å². The van der Waals surface area contributed by atoms with E-state index in [9.17, 15) is 4.79 Å². The third kappa shape index (κ3) is 4.93. The standard InChI is InChI=1S/C18H21NO3S/c1-4-22-15-11-9-14(10-12-15)19-18(20)13(2)23-17-8-6-5-7-16(17)21-3/h5-13H,4H2,1-3H3,(H,19,20). The molecule has 0 aliphatic heterocycles. The minimum absolute atomic E-state index is 0.0509. The van der Waals surface area contributed by atoms with Gasteiger partial charge in [0.15, 0.2) is 0 Å². The highest BCUT2D eigenvalue weighted by atomic mass is 32.2. The molecule has 2 aromatic carbocycles. The van der Waals surface area contributed by atoms with E-state index in [1.165, 1.54) is 11.8 Å². The first-order chi connectivity index (χ1) is 11.1. The minimum Gasteiger partial charge on any atom is -0.496 e. The number of nitrogens with one attached hydrogen (secondary N) is 1. The van der Waals surface area contributed by atoms with Gasteiger partial charge in [0, 0.05) is 5.69 Å². The number of thioether (sulfide) groups is 1.